The predicted molar refractivity (Wildman–Crippen MR) is 159 cm³/mol. The number of rotatable bonds is 14. The number of nitrogen functional groups attached to an aromatic ring is 1. The van der Waals surface area contributed by atoms with Gasteiger partial charge in [-0.15, -0.1) is 0 Å². The summed E-state index contributed by atoms with van der Waals surface area (Å²) in [7, 11) is -4.94. The van der Waals surface area contributed by atoms with E-state index in [2.05, 4.69) is 33.2 Å². The molecule has 0 aliphatic heterocycles. The molecule has 2 heterocycles. The second-order valence-corrected chi connectivity index (χ2v) is 11.2. The molecule has 0 saturated carbocycles. The number of alkyl halides is 1. The molecular formula is C27H33BrN5O7P. The van der Waals surface area contributed by atoms with Gasteiger partial charge in [-0.25, -0.2) is 14.5 Å². The Hall–Kier alpha value is -3.22. The zero-order chi connectivity index (χ0) is 29.6. The Kier molecular flexibility index (Phi) is 10.2. The summed E-state index contributed by atoms with van der Waals surface area (Å²) in [6.07, 6.45) is 3.05. The second kappa shape index (κ2) is 13.6. The summed E-state index contributed by atoms with van der Waals surface area (Å²) >= 11 is 3.10. The number of carbonyl (C=O) groups is 1. The molecular weight excluding hydrogens is 617 g/mol. The van der Waals surface area contributed by atoms with Crippen molar-refractivity contribution in [2.45, 2.75) is 39.2 Å². The molecule has 0 bridgehead atoms. The second-order valence-electron chi connectivity index (χ2n) is 9.46. The maximum Gasteiger partial charge on any atom is 0.524 e. The van der Waals surface area contributed by atoms with Gasteiger partial charge in [0.05, 0.1) is 36.1 Å². The summed E-state index contributed by atoms with van der Waals surface area (Å²) in [5.74, 6) is 0.229. The van der Waals surface area contributed by atoms with E-state index in [1.54, 1.807) is 12.1 Å². The third-order valence-corrected chi connectivity index (χ3v) is 7.37. The van der Waals surface area contributed by atoms with E-state index in [4.69, 9.17) is 20.0 Å². The summed E-state index contributed by atoms with van der Waals surface area (Å²) in [5, 5.41) is 14.2. The highest BCUT2D eigenvalue weighted by Crippen LogP contribution is 2.44. The number of aromatic hydroxyl groups is 1. The van der Waals surface area contributed by atoms with Crippen LogP contribution < -0.4 is 15.6 Å². The summed E-state index contributed by atoms with van der Waals surface area (Å²) in [6.45, 7) is 3.46. The number of anilines is 1. The SMILES string of the molecule is CCCCc1nc2c(N)nc3ccc(CCOCCNC(=O)CBr)cc3c2n1Cc1cccc(O)c1OP(=O)(O)O. The number of amides is 1. The number of unbranched alkanes of at least 4 members (excludes halogenated alkanes) is 1. The molecule has 220 valence electrons. The van der Waals surface area contributed by atoms with Crippen molar-refractivity contribution >= 4 is 57.4 Å². The number of benzene rings is 2. The van der Waals surface area contributed by atoms with Crippen LogP contribution in [0.5, 0.6) is 11.5 Å². The molecule has 1 amide bonds. The van der Waals surface area contributed by atoms with Gasteiger partial charge in [0.1, 0.15) is 11.3 Å². The summed E-state index contributed by atoms with van der Waals surface area (Å²) in [5.41, 5.74) is 9.64. The van der Waals surface area contributed by atoms with Crippen molar-refractivity contribution in [2.24, 2.45) is 0 Å². The molecule has 41 heavy (non-hydrogen) atoms. The number of halogens is 1. The number of imidazole rings is 1. The van der Waals surface area contributed by atoms with Crippen molar-refractivity contribution in [1.29, 1.82) is 0 Å². The lowest BCUT2D eigenvalue weighted by atomic mass is 10.1. The number of aryl methyl sites for hydroxylation is 1. The van der Waals surface area contributed by atoms with E-state index in [-0.39, 0.29) is 35.1 Å². The summed E-state index contributed by atoms with van der Waals surface area (Å²) in [4.78, 5) is 39.6. The van der Waals surface area contributed by atoms with Gasteiger partial charge in [-0.1, -0.05) is 47.5 Å². The van der Waals surface area contributed by atoms with Gasteiger partial charge in [-0.05, 0) is 36.6 Å². The van der Waals surface area contributed by atoms with Crippen molar-refractivity contribution < 1.29 is 33.5 Å². The quantitative estimate of drug-likeness (QED) is 0.0765. The van der Waals surface area contributed by atoms with Crippen molar-refractivity contribution in [1.82, 2.24) is 19.9 Å². The van der Waals surface area contributed by atoms with Gasteiger partial charge >= 0.3 is 7.82 Å². The van der Waals surface area contributed by atoms with Crippen molar-refractivity contribution in [2.75, 3.05) is 30.8 Å². The minimum atomic E-state index is -4.94. The van der Waals surface area contributed by atoms with E-state index < -0.39 is 7.82 Å². The maximum absolute atomic E-state index is 11.7. The molecule has 0 aliphatic carbocycles. The molecule has 0 atom stereocenters. The molecule has 12 nitrogen and oxygen atoms in total. The highest BCUT2D eigenvalue weighted by molar-refractivity contribution is 9.09. The van der Waals surface area contributed by atoms with Crippen LogP contribution in [-0.2, 0) is 33.5 Å². The van der Waals surface area contributed by atoms with Gasteiger partial charge in [-0.3, -0.25) is 14.6 Å². The Morgan fingerprint density at radius 2 is 1.98 bits per heavy atom. The number of aromatic nitrogens is 3. The van der Waals surface area contributed by atoms with Crippen LogP contribution in [0.25, 0.3) is 21.9 Å². The highest BCUT2D eigenvalue weighted by Gasteiger charge is 2.24. The number of nitrogens with two attached hydrogens (primary N) is 1. The number of carbonyl (C=O) groups excluding carboxylic acids is 1. The standard InChI is InChI=1S/C27H33BrN5O7P/c1-2-3-7-22-32-24-25(33(22)16-18-5-4-6-21(34)26(18)40-41(36,37)38)19-14-17(8-9-20(19)31-27(24)29)10-12-39-13-11-30-23(35)15-28/h4-6,8-9,14,34H,2-3,7,10-13,15-16H2,1H3,(H2,29,31)(H,30,35)(H2,36,37,38). The summed E-state index contributed by atoms with van der Waals surface area (Å²) in [6, 6.07) is 10.4. The lowest BCUT2D eigenvalue weighted by molar-refractivity contribution is -0.118. The molecule has 6 N–H and O–H groups in total. The number of pyridine rings is 1. The van der Waals surface area contributed by atoms with Crippen LogP contribution in [0.1, 0.15) is 36.7 Å². The first-order valence-corrected chi connectivity index (χ1v) is 15.8. The molecule has 0 unspecified atom stereocenters. The largest absolute Gasteiger partial charge is 0.524 e. The highest BCUT2D eigenvalue weighted by atomic mass is 79.9. The number of hydrogen-bond acceptors (Lipinski definition) is 8. The van der Waals surface area contributed by atoms with Crippen molar-refractivity contribution in [3.05, 3.63) is 53.3 Å². The van der Waals surface area contributed by atoms with E-state index in [1.165, 1.54) is 6.07 Å². The first kappa shape index (κ1) is 30.7. The molecule has 0 spiro atoms. The molecule has 2 aromatic heterocycles. The number of para-hydroxylation sites is 1. The Labute approximate surface area is 245 Å². The Morgan fingerprint density at radius 1 is 1.17 bits per heavy atom. The van der Waals surface area contributed by atoms with Gasteiger partial charge in [0.2, 0.25) is 5.91 Å². The fourth-order valence-corrected chi connectivity index (χ4v) is 5.19. The number of phosphoric acid groups is 1. The van der Waals surface area contributed by atoms with E-state index in [0.29, 0.717) is 49.2 Å². The number of nitrogens with zero attached hydrogens (tertiary/aromatic N) is 3. The van der Waals surface area contributed by atoms with Crippen LogP contribution in [0.4, 0.5) is 5.82 Å². The number of ether oxygens (including phenoxy) is 1. The maximum atomic E-state index is 11.7. The van der Waals surface area contributed by atoms with E-state index in [9.17, 15) is 24.3 Å². The molecule has 0 fully saturated rings. The number of phosphoric ester groups is 1. The fraction of sp³-hybridized carbons (Fsp3) is 0.370. The minimum absolute atomic E-state index is 0.0973. The van der Waals surface area contributed by atoms with Gasteiger partial charge in [0.25, 0.3) is 0 Å². The first-order valence-electron chi connectivity index (χ1n) is 13.1. The number of phenols is 1. The summed E-state index contributed by atoms with van der Waals surface area (Å²) < 4.78 is 24.2. The molecule has 2 aromatic carbocycles. The lowest BCUT2D eigenvalue weighted by Crippen LogP contribution is -2.28. The van der Waals surface area contributed by atoms with Crippen molar-refractivity contribution in [3.8, 4) is 11.5 Å². The Morgan fingerprint density at radius 3 is 2.71 bits per heavy atom. The van der Waals surface area contributed by atoms with Crippen molar-refractivity contribution in [3.63, 3.8) is 0 Å². The minimum Gasteiger partial charge on any atom is -0.504 e. The predicted octanol–water partition coefficient (Wildman–Crippen LogP) is 3.80. The number of phenolic OH excluding ortho intramolecular Hbond substituents is 1. The average molecular weight is 650 g/mol. The van der Waals surface area contributed by atoms with Crippen LogP contribution in [0.15, 0.2) is 36.4 Å². The Balaban J connectivity index is 1.73. The van der Waals surface area contributed by atoms with Gasteiger partial charge < -0.3 is 30.0 Å². The number of fused-ring (bicyclic) bond motifs is 3. The van der Waals surface area contributed by atoms with E-state index in [0.717, 1.165) is 35.1 Å². The van der Waals surface area contributed by atoms with Gasteiger partial charge in [0, 0.05) is 23.9 Å². The van der Waals surface area contributed by atoms with Crippen LogP contribution in [-0.4, -0.2) is 60.4 Å². The smallest absolute Gasteiger partial charge is 0.504 e. The first-order chi connectivity index (χ1) is 19.6. The average Bonchev–Trinajstić information content (AvgIpc) is 3.29. The zero-order valence-corrected chi connectivity index (χ0v) is 25.0. The van der Waals surface area contributed by atoms with Crippen LogP contribution in [0, 0.1) is 0 Å². The topological polar surface area (TPSA) is 182 Å². The third-order valence-electron chi connectivity index (χ3n) is 6.44. The lowest BCUT2D eigenvalue weighted by Gasteiger charge is -2.16. The van der Waals surface area contributed by atoms with Crippen LogP contribution >= 0.6 is 23.8 Å². The normalized spacial score (nSPS) is 11.8. The zero-order valence-electron chi connectivity index (χ0n) is 22.5. The van der Waals surface area contributed by atoms with E-state index >= 15 is 0 Å². The third kappa shape index (κ3) is 7.75. The molecule has 4 rings (SSSR count). The fourth-order valence-electron chi connectivity index (χ4n) is 4.55. The monoisotopic (exact) mass is 649 g/mol. The molecule has 0 aliphatic rings. The van der Waals surface area contributed by atoms with Crippen LogP contribution in [0.2, 0.25) is 0 Å². The molecule has 0 radical (unpaired) electrons. The molecule has 14 heteroatoms. The number of nitrogens with one attached hydrogen (secondary N) is 1. The van der Waals surface area contributed by atoms with E-state index in [1.807, 2.05) is 22.8 Å². The molecule has 0 saturated heterocycles. The Bertz CT molecular complexity index is 1590. The van der Waals surface area contributed by atoms with Crippen LogP contribution in [0.3, 0.4) is 0 Å². The van der Waals surface area contributed by atoms with Gasteiger partial charge in [-0.2, -0.15) is 0 Å². The molecule has 4 aromatic rings. The number of hydrogen-bond donors (Lipinski definition) is 5. The van der Waals surface area contributed by atoms with Gasteiger partial charge in [0.15, 0.2) is 17.3 Å².